The van der Waals surface area contributed by atoms with Crippen LogP contribution in [0.4, 0.5) is 5.82 Å². The number of nitrogens with zero attached hydrogens (tertiary/aromatic N) is 4. The fourth-order valence-electron chi connectivity index (χ4n) is 3.47. The summed E-state index contributed by atoms with van der Waals surface area (Å²) in [5, 5.41) is 10.1. The predicted molar refractivity (Wildman–Crippen MR) is 129 cm³/mol. The van der Waals surface area contributed by atoms with Crippen molar-refractivity contribution < 1.29 is 4.79 Å². The summed E-state index contributed by atoms with van der Waals surface area (Å²) in [6.07, 6.45) is 3.92. The number of rotatable bonds is 8. The number of carbonyl (C=O) groups is 1. The lowest BCUT2D eigenvalue weighted by molar-refractivity contribution is -0.113. The van der Waals surface area contributed by atoms with Gasteiger partial charge >= 0.3 is 0 Å². The number of allylic oxidation sites excluding steroid dienone is 1. The van der Waals surface area contributed by atoms with Crippen LogP contribution in [0.25, 0.3) is 15.9 Å². The van der Waals surface area contributed by atoms with Crippen LogP contribution in [0.5, 0.6) is 0 Å². The summed E-state index contributed by atoms with van der Waals surface area (Å²) in [6, 6.07) is 13.5. The van der Waals surface area contributed by atoms with Crippen LogP contribution in [0.1, 0.15) is 24.5 Å². The lowest BCUT2D eigenvalue weighted by Crippen LogP contribution is -2.23. The number of thiophene rings is 1. The average Bonchev–Trinajstić information content (AvgIpc) is 3.40. The molecule has 1 aromatic carbocycles. The smallest absolute Gasteiger partial charge is 0.272 e. The molecule has 1 fully saturated rings. The molecule has 5 rings (SSSR count). The summed E-state index contributed by atoms with van der Waals surface area (Å²) in [5.41, 5.74) is 2.44. The van der Waals surface area contributed by atoms with Gasteiger partial charge in [-0.15, -0.1) is 17.9 Å². The Bertz CT molecular complexity index is 1350. The molecule has 4 aromatic rings. The molecule has 0 unspecified atom stereocenters. The SMILES string of the molecule is C=CCn1c(SCC(=O)Nc2cc(C3CC3)nn2-c2ccccc2)nc2ccsc2c1=O. The van der Waals surface area contributed by atoms with E-state index < -0.39 is 0 Å². The van der Waals surface area contributed by atoms with Crippen LogP contribution in [0.15, 0.2) is 70.5 Å². The summed E-state index contributed by atoms with van der Waals surface area (Å²) in [7, 11) is 0. The third-order valence-corrected chi connectivity index (χ3v) is 7.04. The highest BCUT2D eigenvalue weighted by atomic mass is 32.2. The molecule has 3 heterocycles. The van der Waals surface area contributed by atoms with E-state index in [9.17, 15) is 9.59 Å². The van der Waals surface area contributed by atoms with Crippen molar-refractivity contribution in [3.05, 3.63) is 76.5 Å². The highest BCUT2D eigenvalue weighted by molar-refractivity contribution is 7.99. The number of benzene rings is 1. The number of hydrogen-bond donors (Lipinski definition) is 1. The predicted octanol–water partition coefficient (Wildman–Crippen LogP) is 4.44. The van der Waals surface area contributed by atoms with Gasteiger partial charge in [-0.1, -0.05) is 36.0 Å². The third kappa shape index (κ3) is 4.13. The van der Waals surface area contributed by atoms with Gasteiger partial charge in [0.2, 0.25) is 5.91 Å². The number of amides is 1. The number of hydrogen-bond acceptors (Lipinski definition) is 6. The molecule has 1 saturated carbocycles. The summed E-state index contributed by atoms with van der Waals surface area (Å²) in [5.74, 6) is 1.06. The average molecular weight is 464 g/mol. The first-order valence-electron chi connectivity index (χ1n) is 10.3. The summed E-state index contributed by atoms with van der Waals surface area (Å²) >= 11 is 2.61. The minimum Gasteiger partial charge on any atom is -0.310 e. The van der Waals surface area contributed by atoms with E-state index in [2.05, 4.69) is 16.9 Å². The van der Waals surface area contributed by atoms with Crippen molar-refractivity contribution in [3.8, 4) is 5.69 Å². The van der Waals surface area contributed by atoms with Crippen molar-refractivity contribution in [2.45, 2.75) is 30.5 Å². The minimum absolute atomic E-state index is 0.107. The van der Waals surface area contributed by atoms with Crippen LogP contribution in [-0.4, -0.2) is 31.0 Å². The first-order valence-corrected chi connectivity index (χ1v) is 12.2. The minimum atomic E-state index is -0.181. The Kier molecular flexibility index (Phi) is 5.67. The van der Waals surface area contributed by atoms with Gasteiger partial charge in [-0.3, -0.25) is 14.2 Å². The molecule has 1 amide bonds. The Morgan fingerprint density at radius 2 is 2.09 bits per heavy atom. The maximum atomic E-state index is 12.8. The van der Waals surface area contributed by atoms with Crippen molar-refractivity contribution in [2.24, 2.45) is 0 Å². The Balaban J connectivity index is 1.36. The zero-order chi connectivity index (χ0) is 22.1. The van der Waals surface area contributed by atoms with Gasteiger partial charge in [0.1, 0.15) is 10.5 Å². The van der Waals surface area contributed by atoms with Crippen LogP contribution in [0.3, 0.4) is 0 Å². The van der Waals surface area contributed by atoms with Gasteiger partial charge in [0.15, 0.2) is 5.16 Å². The lowest BCUT2D eigenvalue weighted by atomic mass is 10.3. The van der Waals surface area contributed by atoms with Crippen molar-refractivity contribution in [1.29, 1.82) is 0 Å². The molecule has 0 bridgehead atoms. The fraction of sp³-hybridized carbons (Fsp3) is 0.217. The molecule has 0 saturated heterocycles. The number of thioether (sulfide) groups is 1. The van der Waals surface area contributed by atoms with Crippen LogP contribution in [0, 0.1) is 0 Å². The van der Waals surface area contributed by atoms with E-state index in [1.807, 2.05) is 47.8 Å². The van der Waals surface area contributed by atoms with Gasteiger partial charge in [-0.2, -0.15) is 5.10 Å². The number of nitrogens with one attached hydrogen (secondary N) is 1. The lowest BCUT2D eigenvalue weighted by Gasteiger charge is -2.11. The molecule has 0 atom stereocenters. The van der Waals surface area contributed by atoms with Gasteiger partial charge in [-0.25, -0.2) is 9.67 Å². The summed E-state index contributed by atoms with van der Waals surface area (Å²) < 4.78 is 3.95. The molecule has 3 aromatic heterocycles. The largest absolute Gasteiger partial charge is 0.310 e. The van der Waals surface area contributed by atoms with E-state index in [4.69, 9.17) is 5.10 Å². The van der Waals surface area contributed by atoms with Gasteiger partial charge < -0.3 is 5.32 Å². The van der Waals surface area contributed by atoms with Crippen molar-refractivity contribution in [2.75, 3.05) is 11.1 Å². The zero-order valence-corrected chi connectivity index (χ0v) is 18.9. The molecule has 0 spiro atoms. The highest BCUT2D eigenvalue weighted by Crippen LogP contribution is 2.40. The molecule has 0 radical (unpaired) electrons. The molecule has 0 aliphatic heterocycles. The molecule has 7 nitrogen and oxygen atoms in total. The molecule has 32 heavy (non-hydrogen) atoms. The van der Waals surface area contributed by atoms with Crippen LogP contribution < -0.4 is 10.9 Å². The quantitative estimate of drug-likeness (QED) is 0.237. The second kappa shape index (κ2) is 8.76. The summed E-state index contributed by atoms with van der Waals surface area (Å²) in [6.45, 7) is 4.08. The maximum absolute atomic E-state index is 12.8. The monoisotopic (exact) mass is 463 g/mol. The van der Waals surface area contributed by atoms with Crippen LogP contribution in [0.2, 0.25) is 0 Å². The standard InChI is InChI=1S/C23H21N5O2S2/c1-2-11-27-22(30)21-17(10-12-31-21)24-23(27)32-14-20(29)25-19-13-18(15-8-9-15)26-28(19)16-6-4-3-5-7-16/h2-7,10,12-13,15H,1,8-9,11,14H2,(H,25,29). The first-order chi connectivity index (χ1) is 15.6. The van der Waals surface area contributed by atoms with Crippen LogP contribution in [-0.2, 0) is 11.3 Å². The van der Waals surface area contributed by atoms with E-state index in [1.54, 1.807) is 15.3 Å². The molecular weight excluding hydrogens is 442 g/mol. The van der Waals surface area contributed by atoms with Crippen molar-refractivity contribution >= 4 is 45.0 Å². The number of anilines is 1. The van der Waals surface area contributed by atoms with E-state index in [0.29, 0.717) is 33.7 Å². The van der Waals surface area contributed by atoms with Gasteiger partial charge in [0.05, 0.1) is 22.7 Å². The molecule has 1 aliphatic rings. The van der Waals surface area contributed by atoms with E-state index in [1.165, 1.54) is 23.1 Å². The van der Waals surface area contributed by atoms with E-state index >= 15 is 0 Å². The van der Waals surface area contributed by atoms with Gasteiger partial charge in [0, 0.05) is 18.5 Å². The number of carbonyl (C=O) groups excluding carboxylic acids is 1. The molecule has 1 aliphatic carbocycles. The number of fused-ring (bicyclic) bond motifs is 1. The van der Waals surface area contributed by atoms with E-state index in [-0.39, 0.29) is 17.2 Å². The summed E-state index contributed by atoms with van der Waals surface area (Å²) in [4.78, 5) is 30.2. The van der Waals surface area contributed by atoms with Crippen molar-refractivity contribution in [1.82, 2.24) is 19.3 Å². The molecule has 1 N–H and O–H groups in total. The zero-order valence-electron chi connectivity index (χ0n) is 17.2. The molecular formula is C23H21N5O2S2. The normalized spacial score (nSPS) is 13.4. The molecule has 162 valence electrons. The maximum Gasteiger partial charge on any atom is 0.272 e. The second-order valence-electron chi connectivity index (χ2n) is 7.55. The van der Waals surface area contributed by atoms with Gasteiger partial charge in [-0.05, 0) is 36.4 Å². The number of para-hydroxylation sites is 1. The second-order valence-corrected chi connectivity index (χ2v) is 9.41. The number of aromatic nitrogens is 4. The topological polar surface area (TPSA) is 81.8 Å². The Morgan fingerprint density at radius 3 is 2.84 bits per heavy atom. The van der Waals surface area contributed by atoms with Gasteiger partial charge in [0.25, 0.3) is 5.56 Å². The third-order valence-electron chi connectivity index (χ3n) is 5.17. The van der Waals surface area contributed by atoms with Crippen molar-refractivity contribution in [3.63, 3.8) is 0 Å². The van der Waals surface area contributed by atoms with E-state index in [0.717, 1.165) is 24.2 Å². The highest BCUT2D eigenvalue weighted by Gasteiger charge is 2.28. The Labute approximate surface area is 192 Å². The fourth-order valence-corrected chi connectivity index (χ4v) is 5.05. The Hall–Kier alpha value is -3.17. The van der Waals surface area contributed by atoms with Crippen LogP contribution >= 0.6 is 23.1 Å². The Morgan fingerprint density at radius 1 is 1.28 bits per heavy atom. The molecule has 9 heteroatoms. The first kappa shape index (κ1) is 20.7.